The molecule has 2 aliphatic rings. The molecule has 0 radical (unpaired) electrons. The average Bonchev–Trinajstić information content (AvgIpc) is 3.06. The first-order chi connectivity index (χ1) is 13.6. The number of aliphatic imine (C=N–C) groups is 1. The summed E-state index contributed by atoms with van der Waals surface area (Å²) in [7, 11) is 0. The van der Waals surface area contributed by atoms with Crippen LogP contribution in [0.25, 0.3) is 0 Å². The number of rotatable bonds is 7. The van der Waals surface area contributed by atoms with Crippen LogP contribution in [0.5, 0.6) is 5.75 Å². The predicted octanol–water partition coefficient (Wildman–Crippen LogP) is 3.21. The molecule has 0 aromatic heterocycles. The second-order valence-corrected chi connectivity index (χ2v) is 8.46. The summed E-state index contributed by atoms with van der Waals surface area (Å²) >= 11 is 0. The number of guanidine groups is 1. The van der Waals surface area contributed by atoms with Gasteiger partial charge in [-0.05, 0) is 36.5 Å². The number of hydrogen-bond acceptors (Lipinski definition) is 4. The molecule has 0 unspecified atom stereocenters. The molecular formula is C22H37IN4O2. The van der Waals surface area contributed by atoms with Gasteiger partial charge in [-0.15, -0.1) is 24.0 Å². The van der Waals surface area contributed by atoms with Crippen molar-refractivity contribution in [1.82, 2.24) is 15.1 Å². The zero-order valence-corrected chi connectivity index (χ0v) is 20.5. The standard InChI is InChI=1S/C22H36N4O2.HI/c1-4-23-21(26-9-8-22(2,3)18-26)24-17-19-6-5-7-20(16-19)28-15-12-25-10-13-27-14-11-25;/h5-7,16H,4,8-15,17-18H2,1-3H3,(H,23,24);1H. The third-order valence-electron chi connectivity index (χ3n) is 5.40. The molecule has 1 N–H and O–H groups in total. The number of halogens is 1. The van der Waals surface area contributed by atoms with Crippen molar-refractivity contribution >= 4 is 29.9 Å². The summed E-state index contributed by atoms with van der Waals surface area (Å²) in [6.45, 7) is 15.8. The largest absolute Gasteiger partial charge is 0.492 e. The first-order valence-corrected chi connectivity index (χ1v) is 10.6. The summed E-state index contributed by atoms with van der Waals surface area (Å²) in [5.41, 5.74) is 1.54. The molecule has 0 aliphatic carbocycles. The van der Waals surface area contributed by atoms with Crippen LogP contribution in [-0.2, 0) is 11.3 Å². The van der Waals surface area contributed by atoms with Crippen molar-refractivity contribution in [2.24, 2.45) is 10.4 Å². The highest BCUT2D eigenvalue weighted by molar-refractivity contribution is 14.0. The van der Waals surface area contributed by atoms with E-state index in [1.54, 1.807) is 0 Å². The molecule has 3 rings (SSSR count). The van der Waals surface area contributed by atoms with E-state index in [2.05, 4.69) is 54.1 Å². The summed E-state index contributed by atoms with van der Waals surface area (Å²) in [5, 5.41) is 3.45. The van der Waals surface area contributed by atoms with Crippen LogP contribution in [0.2, 0.25) is 0 Å². The van der Waals surface area contributed by atoms with Crippen molar-refractivity contribution in [1.29, 1.82) is 0 Å². The first kappa shape index (κ1) is 24.2. The van der Waals surface area contributed by atoms with Crippen LogP contribution >= 0.6 is 24.0 Å². The number of likely N-dealkylation sites (tertiary alicyclic amines) is 1. The van der Waals surface area contributed by atoms with Crippen molar-refractivity contribution in [2.75, 3.05) is 59.1 Å². The molecule has 1 aromatic rings. The van der Waals surface area contributed by atoms with Gasteiger partial charge in [0.1, 0.15) is 12.4 Å². The molecule has 0 saturated carbocycles. The van der Waals surface area contributed by atoms with Gasteiger partial charge < -0.3 is 19.7 Å². The molecule has 2 saturated heterocycles. The average molecular weight is 516 g/mol. The van der Waals surface area contributed by atoms with Gasteiger partial charge in [-0.2, -0.15) is 0 Å². The minimum atomic E-state index is 0. The van der Waals surface area contributed by atoms with E-state index < -0.39 is 0 Å². The molecule has 0 spiro atoms. The predicted molar refractivity (Wildman–Crippen MR) is 129 cm³/mol. The van der Waals surface area contributed by atoms with Crippen molar-refractivity contribution < 1.29 is 9.47 Å². The molecule has 1 aromatic carbocycles. The van der Waals surface area contributed by atoms with Gasteiger partial charge in [0, 0.05) is 39.3 Å². The molecule has 7 heteroatoms. The number of hydrogen-bond donors (Lipinski definition) is 1. The van der Waals surface area contributed by atoms with Crippen molar-refractivity contribution in [3.63, 3.8) is 0 Å². The van der Waals surface area contributed by atoms with E-state index in [-0.39, 0.29) is 24.0 Å². The van der Waals surface area contributed by atoms with Crippen molar-refractivity contribution in [3.05, 3.63) is 29.8 Å². The summed E-state index contributed by atoms with van der Waals surface area (Å²) in [6.07, 6.45) is 1.21. The maximum Gasteiger partial charge on any atom is 0.194 e. The van der Waals surface area contributed by atoms with Gasteiger partial charge in [0.05, 0.1) is 19.8 Å². The third kappa shape index (κ3) is 7.94. The molecule has 6 nitrogen and oxygen atoms in total. The molecule has 29 heavy (non-hydrogen) atoms. The molecule has 2 heterocycles. The minimum absolute atomic E-state index is 0. The van der Waals surface area contributed by atoms with Crippen LogP contribution in [0, 0.1) is 5.41 Å². The normalized spacial score (nSPS) is 19.7. The maximum atomic E-state index is 5.97. The SMILES string of the molecule is CCNC(=NCc1cccc(OCCN2CCOCC2)c1)N1CCC(C)(C)C1.I. The fourth-order valence-electron chi connectivity index (χ4n) is 3.74. The lowest BCUT2D eigenvalue weighted by atomic mass is 9.93. The second-order valence-electron chi connectivity index (χ2n) is 8.46. The Labute approximate surface area is 193 Å². The highest BCUT2D eigenvalue weighted by atomic mass is 127. The topological polar surface area (TPSA) is 49.3 Å². The van der Waals surface area contributed by atoms with Crippen LogP contribution in [0.3, 0.4) is 0 Å². The number of nitrogens with one attached hydrogen (secondary N) is 1. The number of nitrogens with zero attached hydrogens (tertiary/aromatic N) is 3. The molecule has 2 aliphatic heterocycles. The Morgan fingerprint density at radius 2 is 2.03 bits per heavy atom. The van der Waals surface area contributed by atoms with Crippen LogP contribution < -0.4 is 10.1 Å². The Bertz CT molecular complexity index is 647. The molecule has 0 atom stereocenters. The summed E-state index contributed by atoms with van der Waals surface area (Å²) in [5.74, 6) is 1.94. The Morgan fingerprint density at radius 3 is 2.72 bits per heavy atom. The quantitative estimate of drug-likeness (QED) is 0.343. The Hall–Kier alpha value is -1.06. The summed E-state index contributed by atoms with van der Waals surface area (Å²) in [4.78, 5) is 9.65. The number of ether oxygens (including phenoxy) is 2. The molecule has 0 bridgehead atoms. The molecule has 164 valence electrons. The van der Waals surface area contributed by atoms with Gasteiger partial charge in [0.15, 0.2) is 5.96 Å². The Kier molecular flexibility index (Phi) is 9.98. The summed E-state index contributed by atoms with van der Waals surface area (Å²) in [6, 6.07) is 8.32. The highest BCUT2D eigenvalue weighted by Crippen LogP contribution is 2.28. The van der Waals surface area contributed by atoms with E-state index in [1.165, 1.54) is 12.0 Å². The zero-order chi connectivity index (χ0) is 19.8. The first-order valence-electron chi connectivity index (χ1n) is 10.6. The minimum Gasteiger partial charge on any atom is -0.492 e. The second kappa shape index (κ2) is 12.0. The monoisotopic (exact) mass is 516 g/mol. The fourth-order valence-corrected chi connectivity index (χ4v) is 3.74. The maximum absolute atomic E-state index is 5.97. The van der Waals surface area contributed by atoms with E-state index in [0.29, 0.717) is 18.6 Å². The van der Waals surface area contributed by atoms with Crippen LogP contribution in [0.4, 0.5) is 0 Å². The fraction of sp³-hybridized carbons (Fsp3) is 0.682. The Balaban J connectivity index is 0.00000300. The van der Waals surface area contributed by atoms with E-state index in [1.807, 2.05) is 6.07 Å². The van der Waals surface area contributed by atoms with Gasteiger partial charge in [-0.1, -0.05) is 26.0 Å². The van der Waals surface area contributed by atoms with Crippen molar-refractivity contribution in [2.45, 2.75) is 33.7 Å². The third-order valence-corrected chi connectivity index (χ3v) is 5.40. The lowest BCUT2D eigenvalue weighted by Gasteiger charge is -2.26. The van der Waals surface area contributed by atoms with E-state index in [9.17, 15) is 0 Å². The molecule has 2 fully saturated rings. The van der Waals surface area contributed by atoms with E-state index in [0.717, 1.165) is 64.2 Å². The highest BCUT2D eigenvalue weighted by Gasteiger charge is 2.30. The van der Waals surface area contributed by atoms with Crippen LogP contribution in [-0.4, -0.2) is 74.8 Å². The lowest BCUT2D eigenvalue weighted by molar-refractivity contribution is 0.0322. The van der Waals surface area contributed by atoms with E-state index >= 15 is 0 Å². The van der Waals surface area contributed by atoms with Crippen LogP contribution in [0.1, 0.15) is 32.8 Å². The van der Waals surface area contributed by atoms with Gasteiger partial charge in [-0.25, -0.2) is 4.99 Å². The number of benzene rings is 1. The molecular weight excluding hydrogens is 479 g/mol. The number of morpholine rings is 1. The summed E-state index contributed by atoms with van der Waals surface area (Å²) < 4.78 is 11.4. The van der Waals surface area contributed by atoms with E-state index in [4.69, 9.17) is 14.5 Å². The zero-order valence-electron chi connectivity index (χ0n) is 18.2. The molecule has 0 amide bonds. The Morgan fingerprint density at radius 1 is 1.24 bits per heavy atom. The lowest BCUT2D eigenvalue weighted by Crippen LogP contribution is -2.40. The van der Waals surface area contributed by atoms with Crippen LogP contribution in [0.15, 0.2) is 29.3 Å². The van der Waals surface area contributed by atoms with Gasteiger partial charge in [0.2, 0.25) is 0 Å². The van der Waals surface area contributed by atoms with Crippen molar-refractivity contribution in [3.8, 4) is 5.75 Å². The smallest absolute Gasteiger partial charge is 0.194 e. The van der Waals surface area contributed by atoms with Gasteiger partial charge in [0.25, 0.3) is 0 Å². The van der Waals surface area contributed by atoms with Gasteiger partial charge >= 0.3 is 0 Å². The van der Waals surface area contributed by atoms with Gasteiger partial charge in [-0.3, -0.25) is 4.90 Å².